The number of nitrogens with zero attached hydrogens (tertiary/aromatic N) is 4. The minimum absolute atomic E-state index is 0.0132. The van der Waals surface area contributed by atoms with Gasteiger partial charge in [0.05, 0.1) is 29.8 Å². The third-order valence-corrected chi connectivity index (χ3v) is 4.05. The summed E-state index contributed by atoms with van der Waals surface area (Å²) in [5.74, 6) is 0. The van der Waals surface area contributed by atoms with Gasteiger partial charge in [-0.1, -0.05) is 6.92 Å². The first-order valence-electron chi connectivity index (χ1n) is 6.13. The molecule has 0 aliphatic carbocycles. The fraction of sp³-hybridized carbons (Fsp3) is 0.308. The van der Waals surface area contributed by atoms with Crippen LogP contribution in [0.1, 0.15) is 18.3 Å². The van der Waals surface area contributed by atoms with Crippen molar-refractivity contribution in [1.82, 2.24) is 19.3 Å². The van der Waals surface area contributed by atoms with Crippen LogP contribution in [-0.4, -0.2) is 19.3 Å². The molecule has 3 aromatic heterocycles. The van der Waals surface area contributed by atoms with E-state index in [9.17, 15) is 4.79 Å². The molecule has 0 fully saturated rings. The van der Waals surface area contributed by atoms with E-state index in [0.717, 1.165) is 23.3 Å². The van der Waals surface area contributed by atoms with Crippen LogP contribution in [-0.2, 0) is 20.0 Å². The summed E-state index contributed by atoms with van der Waals surface area (Å²) in [7, 11) is 1.90. The summed E-state index contributed by atoms with van der Waals surface area (Å²) < 4.78 is 4.17. The predicted octanol–water partition coefficient (Wildman–Crippen LogP) is 1.80. The molecule has 0 aliphatic heterocycles. The van der Waals surface area contributed by atoms with Crippen molar-refractivity contribution < 1.29 is 0 Å². The maximum atomic E-state index is 12.3. The zero-order valence-electron chi connectivity index (χ0n) is 10.8. The van der Waals surface area contributed by atoms with Crippen molar-refractivity contribution in [2.45, 2.75) is 19.9 Å². The van der Waals surface area contributed by atoms with Crippen LogP contribution in [0.25, 0.3) is 10.2 Å². The lowest BCUT2D eigenvalue weighted by Gasteiger charge is -2.05. The van der Waals surface area contributed by atoms with Crippen molar-refractivity contribution in [2.75, 3.05) is 0 Å². The number of aromatic nitrogens is 4. The monoisotopic (exact) mass is 274 g/mol. The highest BCUT2D eigenvalue weighted by atomic mass is 32.1. The molecule has 0 unspecified atom stereocenters. The van der Waals surface area contributed by atoms with Gasteiger partial charge in [-0.3, -0.25) is 14.0 Å². The van der Waals surface area contributed by atoms with Gasteiger partial charge >= 0.3 is 0 Å². The normalized spacial score (nSPS) is 11.3. The Balaban J connectivity index is 2.02. The zero-order chi connectivity index (χ0) is 13.4. The van der Waals surface area contributed by atoms with Gasteiger partial charge in [0, 0.05) is 7.05 Å². The molecule has 3 rings (SSSR count). The Hall–Kier alpha value is -1.95. The van der Waals surface area contributed by atoms with E-state index >= 15 is 0 Å². The molecule has 0 atom stereocenters. The summed E-state index contributed by atoms with van der Waals surface area (Å²) in [6.45, 7) is 2.57. The standard InChI is InChI=1S/C13H14N4OS/c1-3-9-6-10(16(2)15-9)7-17-8-14-11-4-5-19-12(11)13(17)18/h4-6,8H,3,7H2,1-2H3. The lowest BCUT2D eigenvalue weighted by Crippen LogP contribution is -2.21. The van der Waals surface area contributed by atoms with E-state index in [1.807, 2.05) is 29.2 Å². The molecule has 6 heteroatoms. The third kappa shape index (κ3) is 2.08. The molecule has 0 aliphatic rings. The highest BCUT2D eigenvalue weighted by molar-refractivity contribution is 7.17. The number of thiophene rings is 1. The maximum absolute atomic E-state index is 12.3. The Bertz CT molecular complexity index is 783. The number of fused-ring (bicyclic) bond motifs is 1. The number of aryl methyl sites for hydroxylation is 2. The van der Waals surface area contributed by atoms with Gasteiger partial charge in [-0.05, 0) is 23.9 Å². The van der Waals surface area contributed by atoms with E-state index < -0.39 is 0 Å². The Morgan fingerprint density at radius 2 is 2.26 bits per heavy atom. The predicted molar refractivity (Wildman–Crippen MR) is 75.6 cm³/mol. The molecular weight excluding hydrogens is 260 g/mol. The molecule has 0 saturated carbocycles. The van der Waals surface area contributed by atoms with Crippen LogP contribution < -0.4 is 5.56 Å². The molecule has 0 aromatic carbocycles. The van der Waals surface area contributed by atoms with E-state index in [1.54, 1.807) is 10.9 Å². The van der Waals surface area contributed by atoms with Crippen LogP contribution in [0, 0.1) is 0 Å². The van der Waals surface area contributed by atoms with Gasteiger partial charge in [0.2, 0.25) is 0 Å². The Labute approximate surface area is 114 Å². The SMILES string of the molecule is CCc1cc(Cn2cnc3ccsc3c2=O)n(C)n1. The average Bonchev–Trinajstić information content (AvgIpc) is 3.00. The van der Waals surface area contributed by atoms with Crippen LogP contribution in [0.4, 0.5) is 0 Å². The number of hydrogen-bond acceptors (Lipinski definition) is 4. The van der Waals surface area contributed by atoms with E-state index in [1.165, 1.54) is 11.3 Å². The van der Waals surface area contributed by atoms with Gasteiger partial charge in [0.1, 0.15) is 4.70 Å². The van der Waals surface area contributed by atoms with Crippen LogP contribution in [0.3, 0.4) is 0 Å². The molecule has 0 saturated heterocycles. The second-order valence-electron chi connectivity index (χ2n) is 4.42. The second-order valence-corrected chi connectivity index (χ2v) is 5.33. The molecule has 0 N–H and O–H groups in total. The molecule has 3 aromatic rings. The fourth-order valence-electron chi connectivity index (χ4n) is 2.06. The molecule has 0 spiro atoms. The van der Waals surface area contributed by atoms with Crippen molar-refractivity contribution in [3.05, 3.63) is 45.6 Å². The highest BCUT2D eigenvalue weighted by Crippen LogP contribution is 2.13. The Morgan fingerprint density at radius 3 is 3.00 bits per heavy atom. The van der Waals surface area contributed by atoms with E-state index in [2.05, 4.69) is 17.0 Å². The smallest absolute Gasteiger partial charge is 0.271 e. The maximum Gasteiger partial charge on any atom is 0.271 e. The quantitative estimate of drug-likeness (QED) is 0.732. The molecule has 19 heavy (non-hydrogen) atoms. The summed E-state index contributed by atoms with van der Waals surface area (Å²) in [4.78, 5) is 16.6. The minimum atomic E-state index is 0.0132. The average molecular weight is 274 g/mol. The first kappa shape index (κ1) is 12.1. The van der Waals surface area contributed by atoms with Crippen molar-refractivity contribution >= 4 is 21.6 Å². The fourth-order valence-corrected chi connectivity index (χ4v) is 2.85. The highest BCUT2D eigenvalue weighted by Gasteiger charge is 2.09. The molecular formula is C13H14N4OS. The molecule has 0 amide bonds. The zero-order valence-corrected chi connectivity index (χ0v) is 11.6. The van der Waals surface area contributed by atoms with E-state index in [-0.39, 0.29) is 5.56 Å². The second kappa shape index (κ2) is 4.62. The molecule has 0 bridgehead atoms. The van der Waals surface area contributed by atoms with Crippen LogP contribution in [0.5, 0.6) is 0 Å². The van der Waals surface area contributed by atoms with Crippen LogP contribution >= 0.6 is 11.3 Å². The van der Waals surface area contributed by atoms with E-state index in [0.29, 0.717) is 11.2 Å². The van der Waals surface area contributed by atoms with Crippen LogP contribution in [0.15, 0.2) is 28.6 Å². The topological polar surface area (TPSA) is 52.7 Å². The number of rotatable bonds is 3. The van der Waals surface area contributed by atoms with Gasteiger partial charge in [-0.25, -0.2) is 4.98 Å². The van der Waals surface area contributed by atoms with Gasteiger partial charge < -0.3 is 0 Å². The molecule has 5 nitrogen and oxygen atoms in total. The Morgan fingerprint density at radius 1 is 1.42 bits per heavy atom. The van der Waals surface area contributed by atoms with Crippen molar-refractivity contribution in [1.29, 1.82) is 0 Å². The summed E-state index contributed by atoms with van der Waals surface area (Å²) in [6, 6.07) is 3.90. The summed E-state index contributed by atoms with van der Waals surface area (Å²) >= 11 is 1.43. The minimum Gasteiger partial charge on any atom is -0.292 e. The van der Waals surface area contributed by atoms with Gasteiger partial charge in [0.25, 0.3) is 5.56 Å². The van der Waals surface area contributed by atoms with Crippen molar-refractivity contribution in [3.8, 4) is 0 Å². The lowest BCUT2D eigenvalue weighted by atomic mass is 10.3. The Kier molecular flexibility index (Phi) is 2.94. The molecule has 0 radical (unpaired) electrons. The summed E-state index contributed by atoms with van der Waals surface area (Å²) in [5, 5.41) is 6.28. The van der Waals surface area contributed by atoms with Gasteiger partial charge in [-0.15, -0.1) is 11.3 Å². The first-order chi connectivity index (χ1) is 9.19. The van der Waals surface area contributed by atoms with Crippen molar-refractivity contribution in [3.63, 3.8) is 0 Å². The first-order valence-corrected chi connectivity index (χ1v) is 7.01. The van der Waals surface area contributed by atoms with E-state index in [4.69, 9.17) is 0 Å². The van der Waals surface area contributed by atoms with Crippen LogP contribution in [0.2, 0.25) is 0 Å². The number of hydrogen-bond donors (Lipinski definition) is 0. The third-order valence-electron chi connectivity index (χ3n) is 3.16. The van der Waals surface area contributed by atoms with Gasteiger partial charge in [0.15, 0.2) is 0 Å². The van der Waals surface area contributed by atoms with Gasteiger partial charge in [-0.2, -0.15) is 5.10 Å². The van der Waals surface area contributed by atoms with Crippen molar-refractivity contribution in [2.24, 2.45) is 7.05 Å². The molecule has 3 heterocycles. The molecule has 98 valence electrons. The largest absolute Gasteiger partial charge is 0.292 e. The summed E-state index contributed by atoms with van der Waals surface area (Å²) in [5.41, 5.74) is 2.83. The summed E-state index contributed by atoms with van der Waals surface area (Å²) in [6.07, 6.45) is 2.50. The lowest BCUT2D eigenvalue weighted by molar-refractivity contribution is 0.646.